The highest BCUT2D eigenvalue weighted by atomic mass is 19.4. The molecule has 0 saturated carbocycles. The van der Waals surface area contributed by atoms with E-state index in [4.69, 9.17) is 4.52 Å². The average Bonchev–Trinajstić information content (AvgIpc) is 2.73. The van der Waals surface area contributed by atoms with Crippen LogP contribution in [0.25, 0.3) is 0 Å². The first-order valence-corrected chi connectivity index (χ1v) is 5.39. The molecule has 0 aliphatic carbocycles. The van der Waals surface area contributed by atoms with E-state index in [1.54, 1.807) is 6.92 Å². The molecule has 0 aliphatic rings. The highest BCUT2D eigenvalue weighted by molar-refractivity contribution is 5.99. The SMILES string of the molecule is Cc1cc(NC(=O)Nc2cnccc2C(F)(F)F)no1. The number of pyridine rings is 1. The number of aryl methyl sites for hydroxylation is 1. The van der Waals surface area contributed by atoms with Gasteiger partial charge >= 0.3 is 12.2 Å². The van der Waals surface area contributed by atoms with Gasteiger partial charge in [0.05, 0.1) is 17.4 Å². The van der Waals surface area contributed by atoms with Gasteiger partial charge in [-0.05, 0) is 13.0 Å². The number of hydrogen-bond acceptors (Lipinski definition) is 4. The van der Waals surface area contributed by atoms with Crippen LogP contribution in [0, 0.1) is 6.92 Å². The van der Waals surface area contributed by atoms with E-state index in [0.717, 1.165) is 18.5 Å². The van der Waals surface area contributed by atoms with Gasteiger partial charge in [-0.15, -0.1) is 0 Å². The molecule has 0 spiro atoms. The number of aromatic nitrogens is 2. The van der Waals surface area contributed by atoms with Crippen molar-refractivity contribution in [2.45, 2.75) is 13.1 Å². The number of halogens is 3. The molecule has 9 heteroatoms. The minimum atomic E-state index is -4.59. The molecule has 0 fully saturated rings. The zero-order valence-corrected chi connectivity index (χ0v) is 10.2. The zero-order valence-electron chi connectivity index (χ0n) is 10.2. The lowest BCUT2D eigenvalue weighted by molar-refractivity contribution is -0.137. The lowest BCUT2D eigenvalue weighted by atomic mass is 10.2. The number of amides is 2. The van der Waals surface area contributed by atoms with Crippen LogP contribution in [-0.4, -0.2) is 16.2 Å². The van der Waals surface area contributed by atoms with Gasteiger partial charge in [-0.1, -0.05) is 5.16 Å². The maximum atomic E-state index is 12.7. The number of nitrogens with zero attached hydrogens (tertiary/aromatic N) is 2. The molecule has 2 rings (SSSR count). The quantitative estimate of drug-likeness (QED) is 0.889. The number of alkyl halides is 3. The second-order valence-corrected chi connectivity index (χ2v) is 3.82. The molecule has 2 aromatic heterocycles. The number of anilines is 2. The van der Waals surface area contributed by atoms with E-state index >= 15 is 0 Å². The molecular weight excluding hydrogens is 277 g/mol. The summed E-state index contributed by atoms with van der Waals surface area (Å²) in [5.74, 6) is 0.551. The summed E-state index contributed by atoms with van der Waals surface area (Å²) in [6.07, 6.45) is -2.68. The number of carbonyl (C=O) groups is 1. The topological polar surface area (TPSA) is 80.0 Å². The summed E-state index contributed by atoms with van der Waals surface area (Å²) >= 11 is 0. The van der Waals surface area contributed by atoms with Crippen molar-refractivity contribution in [2.24, 2.45) is 0 Å². The monoisotopic (exact) mass is 286 g/mol. The Morgan fingerprint density at radius 2 is 2.10 bits per heavy atom. The van der Waals surface area contributed by atoms with E-state index in [0.29, 0.717) is 5.76 Å². The van der Waals surface area contributed by atoms with E-state index in [9.17, 15) is 18.0 Å². The van der Waals surface area contributed by atoms with Gasteiger partial charge < -0.3 is 9.84 Å². The standard InChI is InChI=1S/C11H9F3N4O2/c1-6-4-9(18-20-6)17-10(19)16-8-5-15-3-2-7(8)11(12,13)14/h2-5H,1H3,(H2,16,17,18,19). The molecular formula is C11H9F3N4O2. The van der Waals surface area contributed by atoms with Crippen molar-refractivity contribution in [3.8, 4) is 0 Å². The predicted molar refractivity (Wildman–Crippen MR) is 63.1 cm³/mol. The molecule has 0 atom stereocenters. The third-order valence-corrected chi connectivity index (χ3v) is 2.24. The Bertz CT molecular complexity index is 624. The zero-order chi connectivity index (χ0) is 14.8. The highest BCUT2D eigenvalue weighted by Crippen LogP contribution is 2.34. The van der Waals surface area contributed by atoms with Gasteiger partial charge in [0.15, 0.2) is 5.82 Å². The minimum absolute atomic E-state index is 0.0949. The van der Waals surface area contributed by atoms with E-state index in [1.165, 1.54) is 6.07 Å². The van der Waals surface area contributed by atoms with Crippen molar-refractivity contribution in [3.63, 3.8) is 0 Å². The maximum absolute atomic E-state index is 12.7. The van der Waals surface area contributed by atoms with Crippen LogP contribution in [0.15, 0.2) is 29.0 Å². The number of hydrogen-bond donors (Lipinski definition) is 2. The Balaban J connectivity index is 2.12. The van der Waals surface area contributed by atoms with E-state index in [1.807, 2.05) is 0 Å². The van der Waals surface area contributed by atoms with Gasteiger partial charge in [0, 0.05) is 12.3 Å². The van der Waals surface area contributed by atoms with Crippen LogP contribution in [0.3, 0.4) is 0 Å². The normalized spacial score (nSPS) is 11.2. The summed E-state index contributed by atoms with van der Waals surface area (Å²) in [6, 6.07) is 1.32. The van der Waals surface area contributed by atoms with Gasteiger partial charge in [-0.3, -0.25) is 10.3 Å². The van der Waals surface area contributed by atoms with Gasteiger partial charge in [0.25, 0.3) is 0 Å². The van der Waals surface area contributed by atoms with Crippen LogP contribution in [0.4, 0.5) is 29.5 Å². The second kappa shape index (κ2) is 5.19. The summed E-state index contributed by atoms with van der Waals surface area (Å²) in [5.41, 5.74) is -1.43. The fourth-order valence-electron chi connectivity index (χ4n) is 1.44. The van der Waals surface area contributed by atoms with E-state index in [-0.39, 0.29) is 5.82 Å². The van der Waals surface area contributed by atoms with Crippen molar-refractivity contribution in [3.05, 3.63) is 35.9 Å². The summed E-state index contributed by atoms with van der Waals surface area (Å²) in [4.78, 5) is 15.1. The smallest absolute Gasteiger partial charge is 0.360 e. The first-order valence-electron chi connectivity index (χ1n) is 5.39. The summed E-state index contributed by atoms with van der Waals surface area (Å²) in [5, 5.41) is 7.78. The minimum Gasteiger partial charge on any atom is -0.360 e. The average molecular weight is 286 g/mol. The van der Waals surface area contributed by atoms with Crippen molar-refractivity contribution >= 4 is 17.5 Å². The molecule has 0 unspecified atom stereocenters. The van der Waals surface area contributed by atoms with Crippen molar-refractivity contribution in [1.29, 1.82) is 0 Å². The van der Waals surface area contributed by atoms with Crippen molar-refractivity contribution in [1.82, 2.24) is 10.1 Å². The second-order valence-electron chi connectivity index (χ2n) is 3.82. The fraction of sp³-hybridized carbons (Fsp3) is 0.182. The van der Waals surface area contributed by atoms with Crippen molar-refractivity contribution < 1.29 is 22.5 Å². The van der Waals surface area contributed by atoms with Gasteiger partial charge in [0.2, 0.25) is 0 Å². The van der Waals surface area contributed by atoms with Crippen LogP contribution in [0.5, 0.6) is 0 Å². The van der Waals surface area contributed by atoms with Gasteiger partial charge in [-0.25, -0.2) is 4.79 Å². The van der Waals surface area contributed by atoms with Gasteiger partial charge in [-0.2, -0.15) is 13.2 Å². The molecule has 2 aromatic rings. The molecule has 2 N–H and O–H groups in total. The van der Waals surface area contributed by atoms with Crippen LogP contribution in [-0.2, 0) is 6.18 Å². The third-order valence-electron chi connectivity index (χ3n) is 2.24. The van der Waals surface area contributed by atoms with Crippen LogP contribution in [0.1, 0.15) is 11.3 Å². The van der Waals surface area contributed by atoms with Crippen LogP contribution in [0.2, 0.25) is 0 Å². The number of carbonyl (C=O) groups excluding carboxylic acids is 1. The van der Waals surface area contributed by atoms with Crippen LogP contribution >= 0.6 is 0 Å². The number of rotatable bonds is 2. The molecule has 0 radical (unpaired) electrons. The third kappa shape index (κ3) is 3.25. The summed E-state index contributed by atoms with van der Waals surface area (Å²) in [7, 11) is 0. The molecule has 6 nitrogen and oxygen atoms in total. The molecule has 2 amide bonds. The Morgan fingerprint density at radius 1 is 1.35 bits per heavy atom. The first kappa shape index (κ1) is 13.8. The number of urea groups is 1. The molecule has 20 heavy (non-hydrogen) atoms. The summed E-state index contributed by atoms with van der Waals surface area (Å²) in [6.45, 7) is 1.61. The first-order chi connectivity index (χ1) is 9.36. The van der Waals surface area contributed by atoms with Gasteiger partial charge in [0.1, 0.15) is 5.76 Å². The largest absolute Gasteiger partial charge is 0.418 e. The molecule has 0 bridgehead atoms. The predicted octanol–water partition coefficient (Wildman–Crippen LogP) is 3.04. The molecule has 0 aliphatic heterocycles. The molecule has 2 heterocycles. The van der Waals surface area contributed by atoms with E-state index in [2.05, 4.69) is 20.8 Å². The Kier molecular flexibility index (Phi) is 3.59. The summed E-state index contributed by atoms with van der Waals surface area (Å²) < 4.78 is 42.8. The molecule has 0 saturated heterocycles. The Hall–Kier alpha value is -2.58. The molecule has 0 aromatic carbocycles. The Labute approximate surface area is 111 Å². The number of nitrogens with one attached hydrogen (secondary N) is 2. The van der Waals surface area contributed by atoms with E-state index < -0.39 is 23.5 Å². The van der Waals surface area contributed by atoms with Crippen LogP contribution < -0.4 is 10.6 Å². The molecule has 106 valence electrons. The maximum Gasteiger partial charge on any atom is 0.418 e. The van der Waals surface area contributed by atoms with Crippen molar-refractivity contribution in [2.75, 3.05) is 10.6 Å². The fourth-order valence-corrected chi connectivity index (χ4v) is 1.44. The Morgan fingerprint density at radius 3 is 2.70 bits per heavy atom. The highest BCUT2D eigenvalue weighted by Gasteiger charge is 2.33. The lowest BCUT2D eigenvalue weighted by Gasteiger charge is -2.12. The lowest BCUT2D eigenvalue weighted by Crippen LogP contribution is -2.22.